The van der Waals surface area contributed by atoms with Crippen molar-refractivity contribution in [2.75, 3.05) is 19.6 Å². The van der Waals surface area contributed by atoms with Crippen molar-refractivity contribution in [1.29, 1.82) is 0 Å². The summed E-state index contributed by atoms with van der Waals surface area (Å²) in [7, 11) is 0. The smallest absolute Gasteiger partial charge is 0.260 e. The van der Waals surface area contributed by atoms with Crippen LogP contribution in [0, 0.1) is 6.92 Å². The van der Waals surface area contributed by atoms with E-state index < -0.39 is 0 Å². The molecular formula is C19H23N3O2. The van der Waals surface area contributed by atoms with Gasteiger partial charge in [-0.3, -0.25) is 14.5 Å². The molecule has 0 spiro atoms. The number of amides is 1. The molecule has 1 aliphatic heterocycles. The molecule has 1 aromatic carbocycles. The van der Waals surface area contributed by atoms with Crippen LogP contribution >= 0.6 is 0 Å². The summed E-state index contributed by atoms with van der Waals surface area (Å²) >= 11 is 0. The Kier molecular flexibility index (Phi) is 5.11. The Hall–Kier alpha value is -2.40. The van der Waals surface area contributed by atoms with Gasteiger partial charge in [-0.25, -0.2) is 0 Å². The summed E-state index contributed by atoms with van der Waals surface area (Å²) in [6.45, 7) is 5.34. The maximum atomic E-state index is 12.0. The van der Waals surface area contributed by atoms with Gasteiger partial charge in [0, 0.05) is 31.9 Å². The van der Waals surface area contributed by atoms with Crippen LogP contribution in [0.4, 0.5) is 0 Å². The molecule has 5 nitrogen and oxygen atoms in total. The Bertz CT molecular complexity index is 782. The first-order valence-electron chi connectivity index (χ1n) is 8.41. The van der Waals surface area contributed by atoms with Crippen LogP contribution in [0.5, 0.6) is 0 Å². The van der Waals surface area contributed by atoms with E-state index in [1.807, 2.05) is 0 Å². The minimum absolute atomic E-state index is 0.174. The van der Waals surface area contributed by atoms with Gasteiger partial charge in [0.25, 0.3) is 11.5 Å². The number of H-pyrrole nitrogens is 1. The Labute approximate surface area is 141 Å². The third-order valence-electron chi connectivity index (χ3n) is 4.45. The van der Waals surface area contributed by atoms with Crippen molar-refractivity contribution in [2.24, 2.45) is 0 Å². The van der Waals surface area contributed by atoms with Crippen molar-refractivity contribution >= 4 is 5.91 Å². The Balaban J connectivity index is 1.44. The highest BCUT2D eigenvalue weighted by Gasteiger charge is 2.15. The lowest BCUT2D eigenvalue weighted by Gasteiger charge is -2.28. The largest absolute Gasteiger partial charge is 0.352 e. The highest BCUT2D eigenvalue weighted by atomic mass is 16.2. The number of pyridine rings is 1. The van der Waals surface area contributed by atoms with Crippen molar-refractivity contribution in [3.8, 4) is 0 Å². The van der Waals surface area contributed by atoms with Gasteiger partial charge in [0.05, 0.1) is 0 Å². The number of rotatable bonds is 5. The molecule has 126 valence electrons. The fourth-order valence-electron chi connectivity index (χ4n) is 3.10. The van der Waals surface area contributed by atoms with E-state index in [9.17, 15) is 9.59 Å². The number of aromatic nitrogens is 1. The molecule has 0 aliphatic carbocycles. The zero-order chi connectivity index (χ0) is 16.9. The van der Waals surface area contributed by atoms with Crippen LogP contribution in [0.15, 0.2) is 41.2 Å². The van der Waals surface area contributed by atoms with E-state index in [1.54, 1.807) is 19.1 Å². The zero-order valence-electron chi connectivity index (χ0n) is 14.0. The van der Waals surface area contributed by atoms with Crippen molar-refractivity contribution in [1.82, 2.24) is 15.2 Å². The average Bonchev–Trinajstić information content (AvgIpc) is 2.58. The molecule has 0 saturated heterocycles. The van der Waals surface area contributed by atoms with Crippen molar-refractivity contribution < 1.29 is 4.79 Å². The first-order valence-corrected chi connectivity index (χ1v) is 8.41. The summed E-state index contributed by atoms with van der Waals surface area (Å²) < 4.78 is 0. The molecule has 1 aliphatic rings. The molecule has 0 bridgehead atoms. The Morgan fingerprint density at radius 3 is 2.79 bits per heavy atom. The van der Waals surface area contributed by atoms with Gasteiger partial charge < -0.3 is 10.3 Å². The standard InChI is InChI=1S/C19H23N3O2/c1-14-7-8-17(19(24)21-14)18(23)20-10-4-11-22-12-9-15-5-2-3-6-16(15)13-22/h2-3,5-8H,4,9-13H2,1H3,(H,20,23)(H,21,24). The molecule has 2 aromatic rings. The predicted octanol–water partition coefficient (Wildman–Crippen LogP) is 1.86. The minimum Gasteiger partial charge on any atom is -0.352 e. The van der Waals surface area contributed by atoms with Crippen LogP contribution in [0.25, 0.3) is 0 Å². The summed E-state index contributed by atoms with van der Waals surface area (Å²) in [4.78, 5) is 28.9. The number of carbonyl (C=O) groups excluding carboxylic acids is 1. The Morgan fingerprint density at radius 2 is 2.00 bits per heavy atom. The monoisotopic (exact) mass is 325 g/mol. The number of fused-ring (bicyclic) bond motifs is 1. The van der Waals surface area contributed by atoms with E-state index in [4.69, 9.17) is 0 Å². The second-order valence-electron chi connectivity index (χ2n) is 6.29. The van der Waals surface area contributed by atoms with E-state index in [0.29, 0.717) is 6.54 Å². The fraction of sp³-hybridized carbons (Fsp3) is 0.368. The van der Waals surface area contributed by atoms with Crippen molar-refractivity contribution in [3.63, 3.8) is 0 Å². The van der Waals surface area contributed by atoms with Crippen LogP contribution in [-0.2, 0) is 13.0 Å². The van der Waals surface area contributed by atoms with Crippen molar-refractivity contribution in [2.45, 2.75) is 26.3 Å². The molecular weight excluding hydrogens is 302 g/mol. The minimum atomic E-state index is -0.333. The molecule has 1 amide bonds. The lowest BCUT2D eigenvalue weighted by molar-refractivity contribution is 0.0949. The summed E-state index contributed by atoms with van der Waals surface area (Å²) in [6.07, 6.45) is 1.96. The molecule has 0 radical (unpaired) electrons. The zero-order valence-corrected chi connectivity index (χ0v) is 14.0. The van der Waals surface area contributed by atoms with Gasteiger partial charge in [0.1, 0.15) is 5.56 Å². The molecule has 0 unspecified atom stereocenters. The fourth-order valence-corrected chi connectivity index (χ4v) is 3.10. The van der Waals surface area contributed by atoms with Gasteiger partial charge in [0.15, 0.2) is 0 Å². The van der Waals surface area contributed by atoms with E-state index in [0.717, 1.165) is 38.2 Å². The molecule has 5 heteroatoms. The number of carbonyl (C=O) groups is 1. The SMILES string of the molecule is Cc1ccc(C(=O)NCCCN2CCc3ccccc3C2)c(=O)[nH]1. The lowest BCUT2D eigenvalue weighted by Crippen LogP contribution is -2.34. The molecule has 2 N–H and O–H groups in total. The maximum absolute atomic E-state index is 12.0. The van der Waals surface area contributed by atoms with Gasteiger partial charge in [-0.05, 0) is 43.0 Å². The summed E-state index contributed by atoms with van der Waals surface area (Å²) in [6, 6.07) is 11.9. The van der Waals surface area contributed by atoms with Crippen LogP contribution in [0.2, 0.25) is 0 Å². The molecule has 3 rings (SSSR count). The van der Waals surface area contributed by atoms with Gasteiger partial charge in [-0.2, -0.15) is 0 Å². The van der Waals surface area contributed by atoms with Crippen molar-refractivity contribution in [3.05, 3.63) is 69.1 Å². The molecule has 0 saturated carbocycles. The number of aryl methyl sites for hydroxylation is 1. The molecule has 24 heavy (non-hydrogen) atoms. The summed E-state index contributed by atoms with van der Waals surface area (Å²) in [5.41, 5.74) is 3.44. The first kappa shape index (κ1) is 16.5. The third-order valence-corrected chi connectivity index (χ3v) is 4.45. The number of benzene rings is 1. The quantitative estimate of drug-likeness (QED) is 0.825. The Morgan fingerprint density at radius 1 is 1.21 bits per heavy atom. The average molecular weight is 325 g/mol. The summed E-state index contributed by atoms with van der Waals surface area (Å²) in [5.74, 6) is -0.305. The second kappa shape index (κ2) is 7.45. The van der Waals surface area contributed by atoms with Gasteiger partial charge in [-0.15, -0.1) is 0 Å². The number of hydrogen-bond donors (Lipinski definition) is 2. The molecule has 2 heterocycles. The van der Waals surface area contributed by atoms with Gasteiger partial charge >= 0.3 is 0 Å². The topological polar surface area (TPSA) is 65.2 Å². The summed E-state index contributed by atoms with van der Waals surface area (Å²) in [5, 5.41) is 2.83. The molecule has 1 aromatic heterocycles. The van der Waals surface area contributed by atoms with E-state index >= 15 is 0 Å². The normalized spacial score (nSPS) is 14.2. The predicted molar refractivity (Wildman–Crippen MR) is 94.2 cm³/mol. The maximum Gasteiger partial charge on any atom is 0.260 e. The van der Waals surface area contributed by atoms with E-state index in [-0.39, 0.29) is 17.0 Å². The van der Waals surface area contributed by atoms with Gasteiger partial charge in [-0.1, -0.05) is 24.3 Å². The van der Waals surface area contributed by atoms with Gasteiger partial charge in [0.2, 0.25) is 0 Å². The third kappa shape index (κ3) is 3.92. The van der Waals surface area contributed by atoms with Crippen LogP contribution in [-0.4, -0.2) is 35.4 Å². The molecule has 0 atom stereocenters. The highest BCUT2D eigenvalue weighted by molar-refractivity contribution is 5.93. The number of hydrogen-bond acceptors (Lipinski definition) is 3. The first-order chi connectivity index (χ1) is 11.6. The van der Waals surface area contributed by atoms with Crippen LogP contribution in [0.3, 0.4) is 0 Å². The van der Waals surface area contributed by atoms with Crippen LogP contribution < -0.4 is 10.9 Å². The second-order valence-corrected chi connectivity index (χ2v) is 6.29. The van der Waals surface area contributed by atoms with Crippen LogP contribution in [0.1, 0.15) is 33.6 Å². The lowest BCUT2D eigenvalue weighted by atomic mass is 10.00. The molecule has 0 fully saturated rings. The number of nitrogens with one attached hydrogen (secondary N) is 2. The highest BCUT2D eigenvalue weighted by Crippen LogP contribution is 2.18. The number of nitrogens with zero attached hydrogens (tertiary/aromatic N) is 1. The van der Waals surface area contributed by atoms with E-state index in [2.05, 4.69) is 39.5 Å². The number of aromatic amines is 1. The van der Waals surface area contributed by atoms with E-state index in [1.165, 1.54) is 11.1 Å².